The van der Waals surface area contributed by atoms with Gasteiger partial charge in [0.1, 0.15) is 0 Å². The first kappa shape index (κ1) is 18.0. The third-order valence-electron chi connectivity index (χ3n) is 3.88. The Labute approximate surface area is 156 Å². The zero-order valence-corrected chi connectivity index (χ0v) is 15.7. The lowest BCUT2D eigenvalue weighted by Crippen LogP contribution is -2.33. The second-order valence-electron chi connectivity index (χ2n) is 5.92. The van der Waals surface area contributed by atoms with Crippen LogP contribution in [0.15, 0.2) is 59.0 Å². The number of carbonyl (C=O) groups excluding carboxylic acids is 1. The van der Waals surface area contributed by atoms with Gasteiger partial charge < -0.3 is 0 Å². The van der Waals surface area contributed by atoms with Crippen LogP contribution in [0.5, 0.6) is 0 Å². The van der Waals surface area contributed by atoms with Crippen molar-refractivity contribution in [3.05, 3.63) is 75.3 Å². The highest BCUT2D eigenvalue weighted by Gasteiger charge is 2.33. The van der Waals surface area contributed by atoms with Gasteiger partial charge in [-0.15, -0.1) is 0 Å². The second-order valence-corrected chi connectivity index (χ2v) is 8.66. The Morgan fingerprint density at radius 2 is 1.64 bits per heavy atom. The average molecular weight is 396 g/mol. The molecule has 25 heavy (non-hydrogen) atoms. The van der Waals surface area contributed by atoms with E-state index in [9.17, 15) is 13.2 Å². The normalized spacial score (nSPS) is 14.8. The molecule has 1 aliphatic heterocycles. The second kappa shape index (κ2) is 6.83. The zero-order valence-electron chi connectivity index (χ0n) is 13.4. The maximum Gasteiger partial charge on any atom is 0.267 e. The number of nitrogens with zero attached hydrogens (tertiary/aromatic N) is 1. The number of benzene rings is 2. The highest BCUT2D eigenvalue weighted by atomic mass is 35.5. The molecule has 0 aliphatic carbocycles. The first-order valence-corrected chi connectivity index (χ1v) is 9.73. The van der Waals surface area contributed by atoms with Crippen LogP contribution in [0.4, 0.5) is 0 Å². The molecule has 0 spiro atoms. The number of carbonyl (C=O) groups is 1. The van der Waals surface area contributed by atoms with Crippen LogP contribution in [0, 0.1) is 6.92 Å². The van der Waals surface area contributed by atoms with Gasteiger partial charge in [-0.2, -0.15) is 0 Å². The number of halogens is 2. The molecule has 1 amide bonds. The smallest absolute Gasteiger partial charge is 0.267 e. The van der Waals surface area contributed by atoms with E-state index in [1.165, 1.54) is 18.2 Å². The number of hydrogen-bond acceptors (Lipinski definition) is 3. The quantitative estimate of drug-likeness (QED) is 0.785. The van der Waals surface area contributed by atoms with Gasteiger partial charge in [0.05, 0.1) is 11.4 Å². The Hall–Kier alpha value is -1.82. The molecule has 2 aromatic rings. The SMILES string of the molecule is Cc1ccc(S(=O)(=O)N2CC(Cc3cc(Cl)cc(Cl)c3)=CC2=O)cc1. The molecule has 0 aromatic heterocycles. The van der Waals surface area contributed by atoms with E-state index in [1.54, 1.807) is 30.3 Å². The van der Waals surface area contributed by atoms with Gasteiger partial charge in [-0.3, -0.25) is 4.79 Å². The van der Waals surface area contributed by atoms with E-state index in [1.807, 2.05) is 6.92 Å². The molecule has 3 rings (SSSR count). The van der Waals surface area contributed by atoms with Crippen LogP contribution in [0.25, 0.3) is 0 Å². The molecule has 1 aliphatic rings. The first-order chi connectivity index (χ1) is 11.8. The van der Waals surface area contributed by atoms with Crippen molar-refractivity contribution in [3.63, 3.8) is 0 Å². The molecule has 0 fully saturated rings. The Morgan fingerprint density at radius 3 is 2.24 bits per heavy atom. The largest absolute Gasteiger partial charge is 0.269 e. The van der Waals surface area contributed by atoms with Gasteiger partial charge in [0.25, 0.3) is 15.9 Å². The van der Waals surface area contributed by atoms with E-state index >= 15 is 0 Å². The van der Waals surface area contributed by atoms with Gasteiger partial charge in [-0.1, -0.05) is 40.9 Å². The Balaban J connectivity index is 1.81. The van der Waals surface area contributed by atoms with Crippen LogP contribution in [0.1, 0.15) is 11.1 Å². The van der Waals surface area contributed by atoms with Crippen molar-refractivity contribution in [2.75, 3.05) is 6.54 Å². The van der Waals surface area contributed by atoms with E-state index < -0.39 is 15.9 Å². The molecule has 2 aromatic carbocycles. The van der Waals surface area contributed by atoms with Gasteiger partial charge in [0.15, 0.2) is 0 Å². The Kier molecular flexibility index (Phi) is 4.91. The maximum atomic E-state index is 12.7. The fourth-order valence-corrected chi connectivity index (χ4v) is 4.61. The summed E-state index contributed by atoms with van der Waals surface area (Å²) in [5.41, 5.74) is 2.47. The van der Waals surface area contributed by atoms with E-state index in [0.717, 1.165) is 15.4 Å². The molecule has 0 bridgehead atoms. The number of sulfonamides is 1. The topological polar surface area (TPSA) is 54.5 Å². The Morgan fingerprint density at radius 1 is 1.04 bits per heavy atom. The van der Waals surface area contributed by atoms with Crippen molar-refractivity contribution in [2.45, 2.75) is 18.2 Å². The van der Waals surface area contributed by atoms with Crippen LogP contribution in [-0.4, -0.2) is 25.2 Å². The van der Waals surface area contributed by atoms with Gasteiger partial charge in [-0.05, 0) is 54.8 Å². The van der Waals surface area contributed by atoms with Crippen molar-refractivity contribution < 1.29 is 13.2 Å². The monoisotopic (exact) mass is 395 g/mol. The Bertz CT molecular complexity index is 946. The number of aryl methyl sites for hydroxylation is 1. The summed E-state index contributed by atoms with van der Waals surface area (Å²) < 4.78 is 26.3. The molecule has 0 radical (unpaired) electrons. The summed E-state index contributed by atoms with van der Waals surface area (Å²) in [5, 5.41) is 0.994. The van der Waals surface area contributed by atoms with E-state index in [2.05, 4.69) is 0 Å². The minimum Gasteiger partial charge on any atom is -0.269 e. The molecule has 4 nitrogen and oxygen atoms in total. The molecule has 130 valence electrons. The standard InChI is InChI=1S/C18H15Cl2NO3S/c1-12-2-4-17(5-3-12)25(23,24)21-11-14(9-18(21)22)6-13-7-15(19)10-16(20)8-13/h2-5,7-10H,6,11H2,1H3. The first-order valence-electron chi connectivity index (χ1n) is 7.53. The summed E-state index contributed by atoms with van der Waals surface area (Å²) >= 11 is 12.0. The number of amides is 1. The lowest BCUT2D eigenvalue weighted by atomic mass is 10.1. The molecule has 0 atom stereocenters. The average Bonchev–Trinajstić information content (AvgIpc) is 2.88. The predicted octanol–water partition coefficient (Wildman–Crippen LogP) is 4.00. The van der Waals surface area contributed by atoms with Gasteiger partial charge in [0.2, 0.25) is 0 Å². The van der Waals surface area contributed by atoms with Crippen LogP contribution in [0.2, 0.25) is 10.0 Å². The zero-order chi connectivity index (χ0) is 18.2. The molecule has 0 unspecified atom stereocenters. The van der Waals surface area contributed by atoms with Gasteiger partial charge in [-0.25, -0.2) is 12.7 Å². The maximum absolute atomic E-state index is 12.7. The molecular weight excluding hydrogens is 381 g/mol. The summed E-state index contributed by atoms with van der Waals surface area (Å²) in [6.45, 7) is 1.90. The minimum atomic E-state index is -3.87. The van der Waals surface area contributed by atoms with Crippen LogP contribution in [-0.2, 0) is 21.2 Å². The number of rotatable bonds is 4. The predicted molar refractivity (Wildman–Crippen MR) is 98.3 cm³/mol. The minimum absolute atomic E-state index is 0.0270. The van der Waals surface area contributed by atoms with Crippen molar-refractivity contribution in [3.8, 4) is 0 Å². The molecule has 0 N–H and O–H groups in total. The van der Waals surface area contributed by atoms with E-state index in [4.69, 9.17) is 23.2 Å². The summed E-state index contributed by atoms with van der Waals surface area (Å²) in [7, 11) is -3.87. The number of hydrogen-bond donors (Lipinski definition) is 0. The summed E-state index contributed by atoms with van der Waals surface area (Å²) in [4.78, 5) is 12.3. The lowest BCUT2D eigenvalue weighted by Gasteiger charge is -2.17. The molecule has 7 heteroatoms. The summed E-state index contributed by atoms with van der Waals surface area (Å²) in [6, 6.07) is 11.5. The third kappa shape index (κ3) is 3.89. The van der Waals surface area contributed by atoms with E-state index in [-0.39, 0.29) is 11.4 Å². The van der Waals surface area contributed by atoms with Gasteiger partial charge >= 0.3 is 0 Å². The van der Waals surface area contributed by atoms with Crippen molar-refractivity contribution in [1.82, 2.24) is 4.31 Å². The van der Waals surface area contributed by atoms with Gasteiger partial charge in [0, 0.05) is 16.1 Å². The van der Waals surface area contributed by atoms with Crippen LogP contribution in [0.3, 0.4) is 0 Å². The van der Waals surface area contributed by atoms with Crippen LogP contribution < -0.4 is 0 Å². The van der Waals surface area contributed by atoms with Crippen molar-refractivity contribution >= 4 is 39.1 Å². The molecule has 1 heterocycles. The van der Waals surface area contributed by atoms with Crippen molar-refractivity contribution in [2.24, 2.45) is 0 Å². The fourth-order valence-electron chi connectivity index (χ4n) is 2.68. The molecular formula is C18H15Cl2NO3S. The third-order valence-corrected chi connectivity index (χ3v) is 6.08. The molecule has 0 saturated carbocycles. The highest BCUT2D eigenvalue weighted by Crippen LogP contribution is 2.26. The van der Waals surface area contributed by atoms with E-state index in [0.29, 0.717) is 22.0 Å². The molecule has 0 saturated heterocycles. The van der Waals surface area contributed by atoms with Crippen LogP contribution >= 0.6 is 23.2 Å². The van der Waals surface area contributed by atoms with Crippen molar-refractivity contribution in [1.29, 1.82) is 0 Å². The highest BCUT2D eigenvalue weighted by molar-refractivity contribution is 7.89. The summed E-state index contributed by atoms with van der Waals surface area (Å²) in [5.74, 6) is -0.538. The lowest BCUT2D eigenvalue weighted by molar-refractivity contribution is -0.120. The summed E-state index contributed by atoms with van der Waals surface area (Å²) in [6.07, 6.45) is 1.77. The fraction of sp³-hybridized carbons (Fsp3) is 0.167.